The molecule has 1 fully saturated rings. The number of carbonyl (C=O) groups is 1. The van der Waals surface area contributed by atoms with Gasteiger partial charge in [0.2, 0.25) is 0 Å². The molecular weight excluding hydrogens is 310 g/mol. The smallest absolute Gasteiger partial charge is 0.321 e. The van der Waals surface area contributed by atoms with Gasteiger partial charge < -0.3 is 16.0 Å². The number of benzene rings is 2. The number of nitrogens with one attached hydrogen (secondary N) is 1. The van der Waals surface area contributed by atoms with Crippen LogP contribution in [0.5, 0.6) is 0 Å². The Kier molecular flexibility index (Phi) is 5.39. The van der Waals surface area contributed by atoms with E-state index in [1.165, 1.54) is 16.7 Å². The van der Waals surface area contributed by atoms with E-state index in [4.69, 9.17) is 5.73 Å². The highest BCUT2D eigenvalue weighted by Crippen LogP contribution is 2.31. The predicted octanol–water partition coefficient (Wildman–Crippen LogP) is 4.17. The number of aryl methyl sites for hydroxylation is 2. The molecule has 1 aliphatic heterocycles. The number of nitrogens with two attached hydrogens (primary N) is 1. The van der Waals surface area contributed by atoms with Crippen LogP contribution in [-0.2, 0) is 6.54 Å². The van der Waals surface area contributed by atoms with E-state index in [9.17, 15) is 4.79 Å². The molecule has 4 nitrogen and oxygen atoms in total. The van der Waals surface area contributed by atoms with Crippen molar-refractivity contribution >= 4 is 11.7 Å². The van der Waals surface area contributed by atoms with E-state index in [0.29, 0.717) is 12.5 Å². The fourth-order valence-electron chi connectivity index (χ4n) is 3.57. The molecule has 25 heavy (non-hydrogen) atoms. The summed E-state index contributed by atoms with van der Waals surface area (Å²) in [5.74, 6) is 0.546. The molecule has 1 heterocycles. The van der Waals surface area contributed by atoms with Crippen LogP contribution in [-0.4, -0.2) is 24.0 Å². The number of likely N-dealkylation sites (tertiary alicyclic amines) is 1. The second-order valence-electron chi connectivity index (χ2n) is 6.96. The van der Waals surface area contributed by atoms with Gasteiger partial charge in [-0.3, -0.25) is 0 Å². The van der Waals surface area contributed by atoms with Crippen molar-refractivity contribution < 1.29 is 4.79 Å². The molecule has 3 rings (SSSR count). The molecule has 1 saturated heterocycles. The van der Waals surface area contributed by atoms with Crippen LogP contribution >= 0.6 is 0 Å². The number of amides is 2. The monoisotopic (exact) mass is 337 g/mol. The van der Waals surface area contributed by atoms with Crippen LogP contribution in [0.1, 0.15) is 41.0 Å². The molecule has 2 aromatic rings. The van der Waals surface area contributed by atoms with Gasteiger partial charge in [0.25, 0.3) is 0 Å². The van der Waals surface area contributed by atoms with E-state index in [-0.39, 0.29) is 6.03 Å². The van der Waals surface area contributed by atoms with Gasteiger partial charge >= 0.3 is 6.03 Å². The molecule has 0 unspecified atom stereocenters. The third-order valence-corrected chi connectivity index (χ3v) is 5.07. The molecular formula is C21H27N3O. The number of hydrogen-bond donors (Lipinski definition) is 2. The second kappa shape index (κ2) is 7.70. The lowest BCUT2D eigenvalue weighted by Gasteiger charge is -2.33. The number of anilines is 1. The molecule has 2 aromatic carbocycles. The van der Waals surface area contributed by atoms with E-state index in [1.807, 2.05) is 29.2 Å². The van der Waals surface area contributed by atoms with Crippen LogP contribution < -0.4 is 11.1 Å². The first kappa shape index (κ1) is 17.5. The summed E-state index contributed by atoms with van der Waals surface area (Å²) in [4.78, 5) is 14.4. The minimum atomic E-state index is -0.0198. The number of hydrogen-bond acceptors (Lipinski definition) is 2. The van der Waals surface area contributed by atoms with Crippen molar-refractivity contribution in [2.75, 3.05) is 18.4 Å². The van der Waals surface area contributed by atoms with E-state index < -0.39 is 0 Å². The third kappa shape index (κ3) is 4.20. The molecule has 3 N–H and O–H groups in total. The summed E-state index contributed by atoms with van der Waals surface area (Å²) < 4.78 is 0. The molecule has 0 bridgehead atoms. The van der Waals surface area contributed by atoms with Gasteiger partial charge in [-0.2, -0.15) is 0 Å². The maximum Gasteiger partial charge on any atom is 0.321 e. The lowest BCUT2D eigenvalue weighted by atomic mass is 9.86. The van der Waals surface area contributed by atoms with Gasteiger partial charge in [0.15, 0.2) is 0 Å². The third-order valence-electron chi connectivity index (χ3n) is 5.07. The Hall–Kier alpha value is -2.33. The quantitative estimate of drug-likeness (QED) is 0.883. The van der Waals surface area contributed by atoms with Crippen molar-refractivity contribution in [3.05, 3.63) is 64.7 Å². The molecule has 0 atom stereocenters. The highest BCUT2D eigenvalue weighted by atomic mass is 16.2. The first-order chi connectivity index (χ1) is 12.1. The summed E-state index contributed by atoms with van der Waals surface area (Å²) in [5.41, 5.74) is 11.6. The van der Waals surface area contributed by atoms with Gasteiger partial charge in [-0.1, -0.05) is 35.9 Å². The summed E-state index contributed by atoms with van der Waals surface area (Å²) in [6.45, 7) is 6.38. The van der Waals surface area contributed by atoms with E-state index in [0.717, 1.165) is 37.2 Å². The number of rotatable bonds is 3. The molecule has 0 saturated carbocycles. The first-order valence-electron chi connectivity index (χ1n) is 8.99. The molecule has 2 amide bonds. The van der Waals surface area contributed by atoms with Gasteiger partial charge in [0.05, 0.1) is 0 Å². The molecule has 0 aromatic heterocycles. The van der Waals surface area contributed by atoms with Crippen molar-refractivity contribution in [3.63, 3.8) is 0 Å². The van der Waals surface area contributed by atoms with Crippen molar-refractivity contribution in [2.45, 2.75) is 39.2 Å². The van der Waals surface area contributed by atoms with Crippen LogP contribution in [0.2, 0.25) is 0 Å². The van der Waals surface area contributed by atoms with Crippen LogP contribution in [0.25, 0.3) is 0 Å². The van der Waals surface area contributed by atoms with Gasteiger partial charge in [-0.25, -0.2) is 4.79 Å². The normalized spacial score (nSPS) is 15.2. The fraction of sp³-hybridized carbons (Fsp3) is 0.381. The Morgan fingerprint density at radius 1 is 1.16 bits per heavy atom. The first-order valence-corrected chi connectivity index (χ1v) is 8.99. The zero-order valence-corrected chi connectivity index (χ0v) is 15.1. The molecule has 0 radical (unpaired) electrons. The van der Waals surface area contributed by atoms with Crippen molar-refractivity contribution in [3.8, 4) is 0 Å². The molecule has 0 aliphatic carbocycles. The summed E-state index contributed by atoms with van der Waals surface area (Å²) >= 11 is 0. The predicted molar refractivity (Wildman–Crippen MR) is 103 cm³/mol. The Balaban J connectivity index is 1.60. The number of nitrogens with zero attached hydrogens (tertiary/aromatic N) is 1. The Morgan fingerprint density at radius 3 is 2.64 bits per heavy atom. The zero-order chi connectivity index (χ0) is 17.8. The average Bonchev–Trinajstić information content (AvgIpc) is 2.64. The van der Waals surface area contributed by atoms with Crippen molar-refractivity contribution in [1.29, 1.82) is 0 Å². The summed E-state index contributed by atoms with van der Waals surface area (Å²) in [7, 11) is 0. The maximum absolute atomic E-state index is 12.5. The lowest BCUT2D eigenvalue weighted by molar-refractivity contribution is 0.194. The highest BCUT2D eigenvalue weighted by Gasteiger charge is 2.24. The number of piperidine rings is 1. The van der Waals surface area contributed by atoms with E-state index in [1.54, 1.807) is 0 Å². The van der Waals surface area contributed by atoms with Gasteiger partial charge in [0.1, 0.15) is 0 Å². The van der Waals surface area contributed by atoms with Crippen LogP contribution in [0, 0.1) is 13.8 Å². The van der Waals surface area contributed by atoms with E-state index in [2.05, 4.69) is 37.4 Å². The highest BCUT2D eigenvalue weighted by molar-refractivity contribution is 5.89. The summed E-state index contributed by atoms with van der Waals surface area (Å²) in [6.07, 6.45) is 2.03. The Labute approximate surface area is 150 Å². The van der Waals surface area contributed by atoms with Crippen molar-refractivity contribution in [2.24, 2.45) is 5.73 Å². The lowest BCUT2D eigenvalue weighted by Crippen LogP contribution is -2.40. The molecule has 4 heteroatoms. The minimum absolute atomic E-state index is 0.0198. The topological polar surface area (TPSA) is 58.4 Å². The van der Waals surface area contributed by atoms with Crippen molar-refractivity contribution in [1.82, 2.24) is 4.90 Å². The molecule has 0 spiro atoms. The van der Waals surface area contributed by atoms with E-state index >= 15 is 0 Å². The second-order valence-corrected chi connectivity index (χ2v) is 6.96. The van der Waals surface area contributed by atoms with Crippen LogP contribution in [0.4, 0.5) is 10.5 Å². The summed E-state index contributed by atoms with van der Waals surface area (Å²) in [5, 5.41) is 2.99. The van der Waals surface area contributed by atoms with Gasteiger partial charge in [-0.05, 0) is 61.4 Å². The van der Waals surface area contributed by atoms with Crippen LogP contribution in [0.3, 0.4) is 0 Å². The zero-order valence-electron chi connectivity index (χ0n) is 15.1. The Morgan fingerprint density at radius 2 is 1.92 bits per heavy atom. The van der Waals surface area contributed by atoms with Gasteiger partial charge in [0, 0.05) is 25.3 Å². The standard InChI is InChI=1S/C21H27N3O/c1-15-6-7-16(2)20(12-15)18-8-10-24(11-9-18)21(25)23-19-5-3-4-17(13-19)14-22/h3-7,12-13,18H,8-11,14,22H2,1-2H3,(H,23,25). The average molecular weight is 337 g/mol. The largest absolute Gasteiger partial charge is 0.326 e. The van der Waals surface area contributed by atoms with Gasteiger partial charge in [-0.15, -0.1) is 0 Å². The summed E-state index contributed by atoms with van der Waals surface area (Å²) in [6, 6.07) is 14.4. The molecule has 1 aliphatic rings. The minimum Gasteiger partial charge on any atom is -0.326 e. The Bertz CT molecular complexity index is 749. The number of urea groups is 1. The van der Waals surface area contributed by atoms with Crippen LogP contribution in [0.15, 0.2) is 42.5 Å². The molecule has 132 valence electrons. The number of carbonyl (C=O) groups excluding carboxylic acids is 1. The SMILES string of the molecule is Cc1ccc(C)c(C2CCN(C(=O)Nc3cccc(CN)c3)CC2)c1. The fourth-order valence-corrected chi connectivity index (χ4v) is 3.57. The maximum atomic E-state index is 12.5.